The number of hydrogen-bond acceptors (Lipinski definition) is 6. The van der Waals surface area contributed by atoms with E-state index in [1.165, 1.54) is 22.8 Å². The summed E-state index contributed by atoms with van der Waals surface area (Å²) in [5.74, 6) is -0.507. The van der Waals surface area contributed by atoms with Crippen molar-refractivity contribution >= 4 is 34.1 Å². The van der Waals surface area contributed by atoms with E-state index < -0.39 is 17.3 Å². The van der Waals surface area contributed by atoms with Crippen LogP contribution in [-0.4, -0.2) is 25.6 Å². The first-order valence-corrected chi connectivity index (χ1v) is 10.5. The van der Waals surface area contributed by atoms with Crippen LogP contribution in [0.1, 0.15) is 0 Å². The normalized spacial score (nSPS) is 11.0. The number of halogens is 2. The number of nitrogens with one attached hydrogen (secondary N) is 1. The molecule has 168 valence electrons. The number of hydrogen-bond donors (Lipinski definition) is 1. The van der Waals surface area contributed by atoms with Crippen molar-refractivity contribution in [1.82, 2.24) is 19.7 Å². The Morgan fingerprint density at radius 3 is 2.76 bits per heavy atom. The lowest BCUT2D eigenvalue weighted by molar-refractivity contribution is -0.116. The highest BCUT2D eigenvalue weighted by atomic mass is 35.5. The maximum atomic E-state index is 13.3. The van der Waals surface area contributed by atoms with Gasteiger partial charge in [-0.05, 0) is 36.4 Å². The van der Waals surface area contributed by atoms with Gasteiger partial charge in [-0.2, -0.15) is 4.98 Å². The second kappa shape index (κ2) is 8.87. The highest BCUT2D eigenvalue weighted by molar-refractivity contribution is 6.33. The van der Waals surface area contributed by atoms with Gasteiger partial charge in [-0.1, -0.05) is 35.0 Å². The fourth-order valence-corrected chi connectivity index (χ4v) is 3.76. The zero-order valence-corrected chi connectivity index (χ0v) is 18.2. The summed E-state index contributed by atoms with van der Waals surface area (Å²) in [5.41, 5.74) is 1.44. The van der Waals surface area contributed by atoms with E-state index in [4.69, 9.17) is 16.1 Å². The van der Waals surface area contributed by atoms with Crippen LogP contribution in [0, 0.1) is 5.82 Å². The molecule has 0 unspecified atom stereocenters. The Morgan fingerprint density at radius 1 is 1.12 bits per heavy atom. The molecule has 0 aliphatic heterocycles. The average Bonchev–Trinajstić information content (AvgIpc) is 3.33. The second-order valence-corrected chi connectivity index (χ2v) is 7.74. The fourth-order valence-electron chi connectivity index (χ4n) is 3.54. The Hall–Kier alpha value is -4.37. The second-order valence-electron chi connectivity index (χ2n) is 7.34. The Balaban J connectivity index is 1.50. The first-order valence-electron chi connectivity index (χ1n) is 10.1. The van der Waals surface area contributed by atoms with E-state index >= 15 is 0 Å². The molecule has 0 aliphatic carbocycles. The van der Waals surface area contributed by atoms with Crippen LogP contribution in [-0.2, 0) is 11.3 Å². The molecule has 0 radical (unpaired) electrons. The number of carbonyl (C=O) groups excluding carboxylic acids is 1. The zero-order valence-electron chi connectivity index (χ0n) is 17.4. The SMILES string of the molecule is O=C(Cn1c(=O)cc(-c2nc(-c3cccnc3)no2)c2ccccc21)Nc1ccc(F)cc1Cl. The highest BCUT2D eigenvalue weighted by Gasteiger charge is 2.18. The van der Waals surface area contributed by atoms with Crippen LogP contribution in [0.15, 0.2) is 82.4 Å². The van der Waals surface area contributed by atoms with Gasteiger partial charge in [0.15, 0.2) is 0 Å². The van der Waals surface area contributed by atoms with E-state index in [-0.39, 0.29) is 23.1 Å². The molecule has 34 heavy (non-hydrogen) atoms. The predicted octanol–water partition coefficient (Wildman–Crippen LogP) is 4.54. The molecule has 0 spiro atoms. The topological polar surface area (TPSA) is 103 Å². The largest absolute Gasteiger partial charge is 0.334 e. The number of nitrogens with zero attached hydrogens (tertiary/aromatic N) is 4. The molecule has 5 aromatic rings. The number of amides is 1. The molecule has 0 aliphatic rings. The van der Waals surface area contributed by atoms with Crippen molar-refractivity contribution in [2.45, 2.75) is 6.54 Å². The summed E-state index contributed by atoms with van der Waals surface area (Å²) in [6.45, 7) is -0.280. The third kappa shape index (κ3) is 4.16. The first kappa shape index (κ1) is 21.5. The Kier molecular flexibility index (Phi) is 5.60. The Morgan fingerprint density at radius 2 is 1.97 bits per heavy atom. The van der Waals surface area contributed by atoms with E-state index in [1.807, 2.05) is 0 Å². The van der Waals surface area contributed by atoms with Crippen molar-refractivity contribution in [3.8, 4) is 22.8 Å². The van der Waals surface area contributed by atoms with Gasteiger partial charge in [0.1, 0.15) is 12.4 Å². The van der Waals surface area contributed by atoms with Crippen LogP contribution in [0.3, 0.4) is 0 Å². The van der Waals surface area contributed by atoms with Crippen molar-refractivity contribution in [2.24, 2.45) is 0 Å². The van der Waals surface area contributed by atoms with Crippen molar-refractivity contribution in [2.75, 3.05) is 5.32 Å². The molecule has 10 heteroatoms. The van der Waals surface area contributed by atoms with Crippen molar-refractivity contribution in [3.63, 3.8) is 0 Å². The maximum absolute atomic E-state index is 13.3. The van der Waals surface area contributed by atoms with Gasteiger partial charge in [-0.25, -0.2) is 4.39 Å². The summed E-state index contributed by atoms with van der Waals surface area (Å²) in [6, 6.07) is 15.6. The quantitative estimate of drug-likeness (QED) is 0.400. The van der Waals surface area contributed by atoms with E-state index in [2.05, 4.69) is 20.4 Å². The molecule has 0 fully saturated rings. The van der Waals surface area contributed by atoms with Gasteiger partial charge in [-0.15, -0.1) is 0 Å². The molecular weight excluding hydrogens is 461 g/mol. The van der Waals surface area contributed by atoms with Gasteiger partial charge in [0, 0.05) is 29.4 Å². The third-order valence-corrected chi connectivity index (χ3v) is 5.41. The van der Waals surface area contributed by atoms with Gasteiger partial charge < -0.3 is 9.84 Å². The minimum Gasteiger partial charge on any atom is -0.334 e. The molecule has 0 atom stereocenters. The average molecular weight is 476 g/mol. The molecule has 5 rings (SSSR count). The Labute approximate surface area is 196 Å². The lowest BCUT2D eigenvalue weighted by atomic mass is 10.1. The first-order chi connectivity index (χ1) is 16.5. The highest BCUT2D eigenvalue weighted by Crippen LogP contribution is 2.28. The van der Waals surface area contributed by atoms with Crippen LogP contribution in [0.4, 0.5) is 10.1 Å². The zero-order chi connectivity index (χ0) is 23.7. The smallest absolute Gasteiger partial charge is 0.259 e. The lowest BCUT2D eigenvalue weighted by Crippen LogP contribution is -2.27. The maximum Gasteiger partial charge on any atom is 0.259 e. The minimum absolute atomic E-state index is 0.0571. The van der Waals surface area contributed by atoms with Gasteiger partial charge in [-0.3, -0.25) is 19.1 Å². The summed E-state index contributed by atoms with van der Waals surface area (Å²) in [7, 11) is 0. The molecule has 3 aromatic heterocycles. The molecule has 2 aromatic carbocycles. The molecule has 1 N–H and O–H groups in total. The number of anilines is 1. The van der Waals surface area contributed by atoms with Crippen LogP contribution in [0.25, 0.3) is 33.7 Å². The number of pyridine rings is 2. The minimum atomic E-state index is -0.520. The Bertz CT molecular complexity index is 1580. The van der Waals surface area contributed by atoms with E-state index in [9.17, 15) is 14.0 Å². The molecule has 0 saturated heterocycles. The van der Waals surface area contributed by atoms with Gasteiger partial charge in [0.05, 0.1) is 21.8 Å². The lowest BCUT2D eigenvalue weighted by Gasteiger charge is -2.13. The molecule has 1 amide bonds. The molecular formula is C24H15ClFN5O3. The molecule has 0 saturated carbocycles. The predicted molar refractivity (Wildman–Crippen MR) is 125 cm³/mol. The van der Waals surface area contributed by atoms with Crippen LogP contribution < -0.4 is 10.9 Å². The van der Waals surface area contributed by atoms with Gasteiger partial charge in [0.2, 0.25) is 11.7 Å². The summed E-state index contributed by atoms with van der Waals surface area (Å²) < 4.78 is 20.0. The van der Waals surface area contributed by atoms with Crippen molar-refractivity contribution in [1.29, 1.82) is 0 Å². The number of aromatic nitrogens is 4. The summed E-state index contributed by atoms with van der Waals surface area (Å²) >= 11 is 5.99. The van der Waals surface area contributed by atoms with Gasteiger partial charge >= 0.3 is 0 Å². The molecule has 0 bridgehead atoms. The number of rotatable bonds is 5. The number of carbonyl (C=O) groups is 1. The van der Waals surface area contributed by atoms with E-state index in [0.717, 1.165) is 6.07 Å². The monoisotopic (exact) mass is 475 g/mol. The van der Waals surface area contributed by atoms with Crippen LogP contribution >= 0.6 is 11.6 Å². The van der Waals surface area contributed by atoms with Crippen LogP contribution in [0.5, 0.6) is 0 Å². The number of para-hydroxylation sites is 1. The standard InChI is InChI=1S/C24H15ClFN5O3/c25-18-10-15(26)7-8-19(18)28-21(32)13-31-20-6-2-1-5-16(20)17(11-22(31)33)24-29-23(30-34-24)14-4-3-9-27-12-14/h1-12H,13H2,(H,28,32). The third-order valence-electron chi connectivity index (χ3n) is 5.10. The van der Waals surface area contributed by atoms with Crippen molar-refractivity contribution < 1.29 is 13.7 Å². The van der Waals surface area contributed by atoms with Crippen molar-refractivity contribution in [3.05, 3.63) is 94.3 Å². The summed E-state index contributed by atoms with van der Waals surface area (Å²) in [5, 5.41) is 7.30. The summed E-state index contributed by atoms with van der Waals surface area (Å²) in [6.07, 6.45) is 3.24. The van der Waals surface area contributed by atoms with E-state index in [0.29, 0.717) is 27.9 Å². The molecule has 8 nitrogen and oxygen atoms in total. The van der Waals surface area contributed by atoms with Gasteiger partial charge in [0.25, 0.3) is 11.4 Å². The fraction of sp³-hybridized carbons (Fsp3) is 0.0417. The molecule has 3 heterocycles. The number of fused-ring (bicyclic) bond motifs is 1. The van der Waals surface area contributed by atoms with Crippen LogP contribution in [0.2, 0.25) is 5.02 Å². The van der Waals surface area contributed by atoms with E-state index in [1.54, 1.807) is 48.8 Å². The number of benzene rings is 2. The summed E-state index contributed by atoms with van der Waals surface area (Å²) in [4.78, 5) is 34.1.